The van der Waals surface area contributed by atoms with Crippen LogP contribution in [0.2, 0.25) is 0 Å². The largest absolute Gasteiger partial charge is 0.488 e. The molecule has 2 aliphatic rings. The van der Waals surface area contributed by atoms with Crippen molar-refractivity contribution in [2.75, 3.05) is 0 Å². The fraction of sp³-hybridized carbons (Fsp3) is 0.167. The second kappa shape index (κ2) is 3.51. The minimum absolute atomic E-state index is 0.0140. The molecule has 16 heavy (non-hydrogen) atoms. The van der Waals surface area contributed by atoms with Crippen molar-refractivity contribution in [1.82, 2.24) is 0 Å². The van der Waals surface area contributed by atoms with Gasteiger partial charge < -0.3 is 14.8 Å². The highest BCUT2D eigenvalue weighted by molar-refractivity contribution is 6.51. The molecule has 1 aromatic rings. The van der Waals surface area contributed by atoms with E-state index in [9.17, 15) is 0 Å². The molecule has 2 atom stereocenters. The quantitative estimate of drug-likeness (QED) is 0.686. The molecule has 1 aliphatic heterocycles. The van der Waals surface area contributed by atoms with Gasteiger partial charge in [0, 0.05) is 11.5 Å². The molecule has 0 spiro atoms. The summed E-state index contributed by atoms with van der Waals surface area (Å²) in [6.45, 7) is 0. The SMILES string of the molecule is OB(O)C1=CC2c3ccccc3O[C@H]2C=C1. The van der Waals surface area contributed by atoms with Gasteiger partial charge in [-0.2, -0.15) is 0 Å². The number of ether oxygens (including phenoxy) is 1. The maximum absolute atomic E-state index is 9.14. The van der Waals surface area contributed by atoms with Crippen LogP contribution in [0.1, 0.15) is 11.5 Å². The van der Waals surface area contributed by atoms with Crippen molar-refractivity contribution in [2.45, 2.75) is 12.0 Å². The van der Waals surface area contributed by atoms with E-state index in [4.69, 9.17) is 14.8 Å². The maximum atomic E-state index is 9.14. The maximum Gasteiger partial charge on any atom is 0.488 e. The lowest BCUT2D eigenvalue weighted by atomic mass is 9.73. The summed E-state index contributed by atoms with van der Waals surface area (Å²) in [6.07, 6.45) is 5.43. The number of allylic oxidation sites excluding steroid dienone is 2. The first kappa shape index (κ1) is 9.69. The molecule has 1 unspecified atom stereocenters. The van der Waals surface area contributed by atoms with Crippen molar-refractivity contribution in [3.63, 3.8) is 0 Å². The Kier molecular flexibility index (Phi) is 2.12. The smallest absolute Gasteiger partial charge is 0.485 e. The second-order valence-electron chi connectivity index (χ2n) is 4.05. The van der Waals surface area contributed by atoms with Gasteiger partial charge in [-0.05, 0) is 17.6 Å². The summed E-state index contributed by atoms with van der Waals surface area (Å²) < 4.78 is 5.74. The van der Waals surface area contributed by atoms with Crippen LogP contribution < -0.4 is 4.74 Å². The molecule has 1 aromatic carbocycles. The Balaban J connectivity index is 2.02. The highest BCUT2D eigenvalue weighted by Crippen LogP contribution is 2.41. The van der Waals surface area contributed by atoms with E-state index in [0.29, 0.717) is 5.47 Å². The lowest BCUT2D eigenvalue weighted by Gasteiger charge is -2.18. The second-order valence-corrected chi connectivity index (χ2v) is 4.05. The first-order valence-corrected chi connectivity index (χ1v) is 5.27. The predicted molar refractivity (Wildman–Crippen MR) is 61.0 cm³/mol. The molecule has 3 nitrogen and oxygen atoms in total. The van der Waals surface area contributed by atoms with Crippen molar-refractivity contribution in [3.8, 4) is 5.75 Å². The van der Waals surface area contributed by atoms with E-state index in [1.165, 1.54) is 0 Å². The molecule has 0 fully saturated rings. The van der Waals surface area contributed by atoms with E-state index >= 15 is 0 Å². The van der Waals surface area contributed by atoms with Gasteiger partial charge in [0.25, 0.3) is 0 Å². The van der Waals surface area contributed by atoms with Crippen LogP contribution in [0.15, 0.2) is 48.0 Å². The van der Waals surface area contributed by atoms with Crippen molar-refractivity contribution >= 4 is 7.12 Å². The van der Waals surface area contributed by atoms with E-state index in [2.05, 4.69) is 0 Å². The van der Waals surface area contributed by atoms with Gasteiger partial charge in [-0.3, -0.25) is 0 Å². The minimum atomic E-state index is -1.41. The van der Waals surface area contributed by atoms with Crippen LogP contribution in [0, 0.1) is 0 Å². The molecule has 0 saturated heterocycles. The van der Waals surface area contributed by atoms with Crippen molar-refractivity contribution < 1.29 is 14.8 Å². The van der Waals surface area contributed by atoms with Crippen LogP contribution in [0.25, 0.3) is 0 Å². The Hall–Kier alpha value is -1.52. The van der Waals surface area contributed by atoms with Gasteiger partial charge in [0.2, 0.25) is 0 Å². The summed E-state index contributed by atoms with van der Waals surface area (Å²) in [5.41, 5.74) is 1.64. The molecular formula is C12H11BO3. The molecule has 1 aliphatic carbocycles. The minimum Gasteiger partial charge on any atom is -0.485 e. The summed E-state index contributed by atoms with van der Waals surface area (Å²) in [7, 11) is -1.41. The fourth-order valence-corrected chi connectivity index (χ4v) is 2.24. The van der Waals surface area contributed by atoms with Crippen LogP contribution in [-0.4, -0.2) is 23.3 Å². The van der Waals surface area contributed by atoms with E-state index in [-0.39, 0.29) is 12.0 Å². The van der Waals surface area contributed by atoms with Crippen molar-refractivity contribution in [2.24, 2.45) is 0 Å². The zero-order valence-corrected chi connectivity index (χ0v) is 8.58. The molecule has 0 aromatic heterocycles. The molecule has 3 rings (SSSR count). The lowest BCUT2D eigenvalue weighted by molar-refractivity contribution is 0.268. The molecule has 0 saturated carbocycles. The van der Waals surface area contributed by atoms with E-state index in [1.807, 2.05) is 36.4 Å². The molecule has 0 radical (unpaired) electrons. The molecule has 0 bridgehead atoms. The summed E-state index contributed by atoms with van der Waals surface area (Å²) in [5.74, 6) is 0.977. The van der Waals surface area contributed by atoms with E-state index in [1.54, 1.807) is 6.08 Å². The summed E-state index contributed by atoms with van der Waals surface area (Å²) in [6, 6.07) is 7.85. The first-order valence-electron chi connectivity index (χ1n) is 5.27. The molecule has 80 valence electrons. The fourth-order valence-electron chi connectivity index (χ4n) is 2.24. The van der Waals surface area contributed by atoms with Crippen LogP contribution in [-0.2, 0) is 0 Å². The van der Waals surface area contributed by atoms with Gasteiger partial charge >= 0.3 is 7.12 Å². The monoisotopic (exact) mass is 214 g/mol. The number of benzene rings is 1. The van der Waals surface area contributed by atoms with Gasteiger partial charge in [-0.1, -0.05) is 30.4 Å². The summed E-state index contributed by atoms with van der Waals surface area (Å²) in [4.78, 5) is 0. The van der Waals surface area contributed by atoms with Gasteiger partial charge in [0.05, 0.1) is 0 Å². The third-order valence-corrected chi connectivity index (χ3v) is 3.04. The summed E-state index contributed by atoms with van der Waals surface area (Å²) in [5, 5.41) is 18.3. The molecule has 2 N–H and O–H groups in total. The Morgan fingerprint density at radius 1 is 1.19 bits per heavy atom. The number of hydrogen-bond acceptors (Lipinski definition) is 3. The van der Waals surface area contributed by atoms with E-state index < -0.39 is 7.12 Å². The predicted octanol–water partition coefficient (Wildman–Crippen LogP) is 1.04. The van der Waals surface area contributed by atoms with Crippen molar-refractivity contribution in [3.05, 3.63) is 53.5 Å². The van der Waals surface area contributed by atoms with Gasteiger partial charge in [-0.15, -0.1) is 0 Å². The Bertz CT molecular complexity index is 479. The van der Waals surface area contributed by atoms with Crippen LogP contribution in [0.3, 0.4) is 0 Å². The highest BCUT2D eigenvalue weighted by atomic mass is 16.5. The standard InChI is InChI=1S/C12H11BO3/c14-13(15)8-5-6-12-10(7-8)9-3-1-2-4-11(9)16-12/h1-7,10,12,14-15H/t10?,12-/m0/s1. The zero-order valence-electron chi connectivity index (χ0n) is 8.58. The average Bonchev–Trinajstić information content (AvgIpc) is 2.66. The molecule has 0 amide bonds. The van der Waals surface area contributed by atoms with Gasteiger partial charge in [0.1, 0.15) is 11.9 Å². The summed E-state index contributed by atoms with van der Waals surface area (Å²) >= 11 is 0. The molecular weight excluding hydrogens is 203 g/mol. The Morgan fingerprint density at radius 2 is 2.00 bits per heavy atom. The highest BCUT2D eigenvalue weighted by Gasteiger charge is 2.34. The number of rotatable bonds is 1. The Labute approximate surface area is 93.8 Å². The zero-order chi connectivity index (χ0) is 11.1. The van der Waals surface area contributed by atoms with Gasteiger partial charge in [-0.25, -0.2) is 0 Å². The lowest BCUT2D eigenvalue weighted by Crippen LogP contribution is -2.22. The topological polar surface area (TPSA) is 49.7 Å². The average molecular weight is 214 g/mol. The molecule has 4 heteroatoms. The number of fused-ring (bicyclic) bond motifs is 3. The van der Waals surface area contributed by atoms with Crippen LogP contribution in [0.5, 0.6) is 5.75 Å². The third-order valence-electron chi connectivity index (χ3n) is 3.04. The van der Waals surface area contributed by atoms with Crippen LogP contribution >= 0.6 is 0 Å². The van der Waals surface area contributed by atoms with E-state index in [0.717, 1.165) is 11.3 Å². The number of hydrogen-bond donors (Lipinski definition) is 2. The Morgan fingerprint density at radius 3 is 2.81 bits per heavy atom. The van der Waals surface area contributed by atoms with Gasteiger partial charge in [0.15, 0.2) is 0 Å². The van der Waals surface area contributed by atoms with Crippen LogP contribution in [0.4, 0.5) is 0 Å². The van der Waals surface area contributed by atoms with Crippen molar-refractivity contribution in [1.29, 1.82) is 0 Å². The normalized spacial score (nSPS) is 25.5. The molecule has 1 heterocycles. The first-order chi connectivity index (χ1) is 7.75. The third kappa shape index (κ3) is 1.38. The number of para-hydroxylation sites is 1.